The Kier molecular flexibility index (Phi) is 6.10. The van der Waals surface area contributed by atoms with Crippen molar-refractivity contribution in [3.05, 3.63) is 162 Å². The molecule has 0 saturated carbocycles. The summed E-state index contributed by atoms with van der Waals surface area (Å²) < 4.78 is 5.37. The molecule has 7 aromatic carbocycles. The van der Waals surface area contributed by atoms with Crippen molar-refractivity contribution in [2.75, 3.05) is 4.90 Å². The lowest BCUT2D eigenvalue weighted by Gasteiger charge is -2.41. The highest BCUT2D eigenvalue weighted by Crippen LogP contribution is 2.54. The Bertz CT molecular complexity index is 2900. The van der Waals surface area contributed by atoms with Gasteiger partial charge in [-0.05, 0) is 112 Å². The van der Waals surface area contributed by atoms with Gasteiger partial charge in [-0.1, -0.05) is 91.9 Å². The van der Waals surface area contributed by atoms with E-state index in [9.17, 15) is 0 Å². The molecule has 0 bridgehead atoms. The standard InChI is InChI=1S/C47H31NS2/c1-2-28-23-33-9-3-6-12-41(33)48-42-20-16-30(32-18-22-46-40(27-32)35-11-5-8-14-44(35)50-46)25-38(42)37-24-29(15-19-36(37)47(28)48)31-17-21-45-39(26-31)34-10-4-7-13-43(34)49-45/h3-22,24-27H,2,23H2,1H3. The zero-order chi connectivity index (χ0) is 32.9. The lowest BCUT2D eigenvalue weighted by Crippen LogP contribution is -2.26. The van der Waals surface area contributed by atoms with Crippen LogP contribution in [-0.2, 0) is 6.42 Å². The molecule has 0 atom stereocenters. The minimum absolute atomic E-state index is 0.990. The van der Waals surface area contributed by atoms with E-state index in [0.717, 1.165) is 12.8 Å². The first-order valence-electron chi connectivity index (χ1n) is 17.4. The molecule has 2 aliphatic rings. The molecule has 0 radical (unpaired) electrons. The minimum atomic E-state index is 0.990. The van der Waals surface area contributed by atoms with Crippen LogP contribution < -0.4 is 4.90 Å². The Labute approximate surface area is 299 Å². The van der Waals surface area contributed by atoms with Gasteiger partial charge in [-0.15, -0.1) is 22.7 Å². The molecule has 0 saturated heterocycles. The number of allylic oxidation sites excluding steroid dienone is 1. The fourth-order valence-electron chi connectivity index (χ4n) is 8.41. The van der Waals surface area contributed by atoms with E-state index in [2.05, 4.69) is 157 Å². The number of rotatable bonds is 3. The van der Waals surface area contributed by atoms with Gasteiger partial charge in [0.15, 0.2) is 0 Å². The maximum atomic E-state index is 2.55. The summed E-state index contributed by atoms with van der Waals surface area (Å²) in [5.41, 5.74) is 15.7. The molecule has 9 aromatic rings. The Morgan fingerprint density at radius 1 is 0.460 bits per heavy atom. The summed E-state index contributed by atoms with van der Waals surface area (Å²) in [4.78, 5) is 2.55. The summed E-state index contributed by atoms with van der Waals surface area (Å²) in [6, 6.07) is 54.9. The average molecular weight is 674 g/mol. The van der Waals surface area contributed by atoms with Gasteiger partial charge in [-0.2, -0.15) is 0 Å². The minimum Gasteiger partial charge on any atom is -0.309 e. The maximum absolute atomic E-state index is 2.55. The van der Waals surface area contributed by atoms with Crippen LogP contribution in [0.5, 0.6) is 0 Å². The van der Waals surface area contributed by atoms with Crippen LogP contribution in [0.25, 0.3) is 79.4 Å². The molecule has 3 heteroatoms. The summed E-state index contributed by atoms with van der Waals surface area (Å²) in [5, 5.41) is 5.35. The van der Waals surface area contributed by atoms with E-state index in [-0.39, 0.29) is 0 Å². The predicted molar refractivity (Wildman–Crippen MR) is 218 cm³/mol. The Balaban J connectivity index is 1.14. The molecule has 0 unspecified atom stereocenters. The third kappa shape index (κ3) is 4.11. The molecule has 1 nitrogen and oxygen atoms in total. The molecule has 0 N–H and O–H groups in total. The molecule has 11 rings (SSSR count). The topological polar surface area (TPSA) is 3.24 Å². The van der Waals surface area contributed by atoms with Crippen molar-refractivity contribution in [2.24, 2.45) is 0 Å². The van der Waals surface area contributed by atoms with Crippen LogP contribution in [-0.4, -0.2) is 0 Å². The van der Waals surface area contributed by atoms with E-state index in [4.69, 9.17) is 0 Å². The second kappa shape index (κ2) is 10.8. The lowest BCUT2D eigenvalue weighted by atomic mass is 9.81. The van der Waals surface area contributed by atoms with E-state index < -0.39 is 0 Å². The smallest absolute Gasteiger partial charge is 0.0541 e. The molecule has 0 spiro atoms. The number of nitrogens with zero attached hydrogens (tertiary/aromatic N) is 1. The first-order valence-corrected chi connectivity index (χ1v) is 19.1. The fraction of sp³-hybridized carbons (Fsp3) is 0.0638. The van der Waals surface area contributed by atoms with E-state index in [1.54, 1.807) is 0 Å². The zero-order valence-electron chi connectivity index (χ0n) is 27.5. The van der Waals surface area contributed by atoms with Gasteiger partial charge in [0.1, 0.15) is 0 Å². The van der Waals surface area contributed by atoms with E-state index in [0.29, 0.717) is 0 Å². The molecule has 4 heterocycles. The second-order valence-electron chi connectivity index (χ2n) is 13.6. The van der Waals surface area contributed by atoms with Gasteiger partial charge >= 0.3 is 0 Å². The lowest BCUT2D eigenvalue weighted by molar-refractivity contribution is 0.967. The third-order valence-electron chi connectivity index (χ3n) is 10.8. The van der Waals surface area contributed by atoms with Crippen LogP contribution in [0, 0.1) is 0 Å². The molecule has 0 fully saturated rings. The Hall–Kier alpha value is -5.48. The third-order valence-corrected chi connectivity index (χ3v) is 13.1. The molecule has 236 valence electrons. The number of thiophene rings is 2. The summed E-state index contributed by atoms with van der Waals surface area (Å²) in [7, 11) is 0. The van der Waals surface area contributed by atoms with Crippen LogP contribution in [0.15, 0.2) is 151 Å². The number of hydrogen-bond donors (Lipinski definition) is 0. The molecule has 2 aliphatic heterocycles. The summed E-state index contributed by atoms with van der Waals surface area (Å²) in [6.45, 7) is 2.31. The molecule has 50 heavy (non-hydrogen) atoms. The highest BCUT2D eigenvalue weighted by Gasteiger charge is 2.34. The van der Waals surface area contributed by atoms with E-state index in [1.807, 2.05) is 22.7 Å². The van der Waals surface area contributed by atoms with Crippen LogP contribution in [0.2, 0.25) is 0 Å². The maximum Gasteiger partial charge on any atom is 0.0541 e. The van der Waals surface area contributed by atoms with Gasteiger partial charge in [-0.25, -0.2) is 0 Å². The molecular formula is C47H31NS2. The Morgan fingerprint density at radius 3 is 1.68 bits per heavy atom. The predicted octanol–water partition coefficient (Wildman–Crippen LogP) is 14.3. The average Bonchev–Trinajstić information content (AvgIpc) is 3.74. The van der Waals surface area contributed by atoms with Gasteiger partial charge in [0, 0.05) is 57.2 Å². The van der Waals surface area contributed by atoms with Crippen molar-refractivity contribution in [3.63, 3.8) is 0 Å². The highest BCUT2D eigenvalue weighted by atomic mass is 32.1. The molecule has 0 aliphatic carbocycles. The van der Waals surface area contributed by atoms with Crippen LogP contribution in [0.4, 0.5) is 11.4 Å². The van der Waals surface area contributed by atoms with Gasteiger partial charge in [0.25, 0.3) is 0 Å². The number of para-hydroxylation sites is 1. The SMILES string of the molecule is CCC1=C2c3ccc(-c4ccc5sc6ccccc6c5c4)cc3-c3cc(-c4ccc5sc6ccccc6c5c4)ccc3N2c2ccccc2C1. The number of hydrogen-bond acceptors (Lipinski definition) is 3. The van der Waals surface area contributed by atoms with E-state index >= 15 is 0 Å². The quantitative estimate of drug-likeness (QED) is 0.180. The summed E-state index contributed by atoms with van der Waals surface area (Å²) in [5.74, 6) is 0. The molecular weight excluding hydrogens is 643 g/mol. The monoisotopic (exact) mass is 673 g/mol. The van der Waals surface area contributed by atoms with Gasteiger partial charge in [0.05, 0.1) is 11.4 Å². The van der Waals surface area contributed by atoms with Gasteiger partial charge in [-0.3, -0.25) is 0 Å². The van der Waals surface area contributed by atoms with E-state index in [1.165, 1.54) is 107 Å². The van der Waals surface area contributed by atoms with Crippen molar-refractivity contribution in [3.8, 4) is 33.4 Å². The fourth-order valence-corrected chi connectivity index (χ4v) is 10.6. The van der Waals surface area contributed by atoms with Crippen molar-refractivity contribution in [1.29, 1.82) is 0 Å². The second-order valence-corrected chi connectivity index (χ2v) is 15.7. The Morgan fingerprint density at radius 2 is 1.00 bits per heavy atom. The number of anilines is 2. The van der Waals surface area contributed by atoms with Crippen molar-refractivity contribution >= 4 is 80.1 Å². The van der Waals surface area contributed by atoms with Crippen LogP contribution in [0.1, 0.15) is 24.5 Å². The summed E-state index contributed by atoms with van der Waals surface area (Å²) >= 11 is 3.76. The number of fused-ring (bicyclic) bond motifs is 14. The van der Waals surface area contributed by atoms with Crippen molar-refractivity contribution in [1.82, 2.24) is 0 Å². The highest BCUT2D eigenvalue weighted by molar-refractivity contribution is 7.26. The molecule has 0 amide bonds. The first kappa shape index (κ1) is 28.4. The molecule has 2 aromatic heterocycles. The largest absolute Gasteiger partial charge is 0.309 e. The summed E-state index contributed by atoms with van der Waals surface area (Å²) in [6.07, 6.45) is 2.01. The zero-order valence-corrected chi connectivity index (χ0v) is 29.2. The first-order chi connectivity index (χ1) is 24.7. The van der Waals surface area contributed by atoms with Gasteiger partial charge < -0.3 is 4.90 Å². The van der Waals surface area contributed by atoms with Crippen molar-refractivity contribution < 1.29 is 0 Å². The van der Waals surface area contributed by atoms with Crippen LogP contribution >= 0.6 is 22.7 Å². The number of benzene rings is 7. The van der Waals surface area contributed by atoms with Crippen LogP contribution in [0.3, 0.4) is 0 Å². The van der Waals surface area contributed by atoms with Gasteiger partial charge in [0.2, 0.25) is 0 Å². The van der Waals surface area contributed by atoms with Crippen molar-refractivity contribution in [2.45, 2.75) is 19.8 Å². The normalized spacial score (nSPS) is 13.6.